The number of aryl methyl sites for hydroxylation is 1. The predicted molar refractivity (Wildman–Crippen MR) is 95.6 cm³/mol. The van der Waals surface area contributed by atoms with Gasteiger partial charge in [0.05, 0.1) is 0 Å². The summed E-state index contributed by atoms with van der Waals surface area (Å²) < 4.78 is 12.0. The number of anilines is 2. The molecular formula is C19H26N2O2. The van der Waals surface area contributed by atoms with E-state index >= 15 is 0 Å². The summed E-state index contributed by atoms with van der Waals surface area (Å²) >= 11 is 0. The summed E-state index contributed by atoms with van der Waals surface area (Å²) in [5.74, 6) is 1.49. The fourth-order valence-electron chi connectivity index (χ4n) is 2.32. The molecule has 0 heterocycles. The van der Waals surface area contributed by atoms with E-state index in [9.17, 15) is 0 Å². The highest BCUT2D eigenvalue weighted by Crippen LogP contribution is 2.23. The van der Waals surface area contributed by atoms with Crippen molar-refractivity contribution in [1.29, 1.82) is 0 Å². The summed E-state index contributed by atoms with van der Waals surface area (Å²) in [5.41, 5.74) is 14.1. The van der Waals surface area contributed by atoms with Crippen LogP contribution in [0.2, 0.25) is 0 Å². The average molecular weight is 314 g/mol. The van der Waals surface area contributed by atoms with Crippen LogP contribution in [0, 0.1) is 6.92 Å². The number of rotatable bonds is 8. The molecule has 4 nitrogen and oxygen atoms in total. The third-order valence-corrected chi connectivity index (χ3v) is 3.68. The van der Waals surface area contributed by atoms with Crippen LogP contribution in [0.3, 0.4) is 0 Å². The van der Waals surface area contributed by atoms with E-state index in [4.69, 9.17) is 20.9 Å². The molecule has 4 N–H and O–H groups in total. The van der Waals surface area contributed by atoms with Crippen molar-refractivity contribution in [2.75, 3.05) is 11.5 Å². The molecule has 0 saturated carbocycles. The van der Waals surface area contributed by atoms with Crippen molar-refractivity contribution in [3.05, 3.63) is 48.0 Å². The molecule has 0 aromatic heterocycles. The predicted octanol–water partition coefficient (Wildman–Crippen LogP) is 4.52. The lowest BCUT2D eigenvalue weighted by molar-refractivity contribution is -0.00234. The van der Waals surface area contributed by atoms with E-state index in [-0.39, 0.29) is 6.29 Å². The number of unbranched alkanes of at least 4 members (excludes halogenated alkanes) is 2. The first-order chi connectivity index (χ1) is 11.1. The summed E-state index contributed by atoms with van der Waals surface area (Å²) in [6.45, 7) is 4.14. The highest BCUT2D eigenvalue weighted by atomic mass is 16.7. The van der Waals surface area contributed by atoms with Crippen molar-refractivity contribution in [3.63, 3.8) is 0 Å². The highest BCUT2D eigenvalue weighted by molar-refractivity contribution is 5.49. The van der Waals surface area contributed by atoms with Crippen LogP contribution >= 0.6 is 0 Å². The topological polar surface area (TPSA) is 70.5 Å². The van der Waals surface area contributed by atoms with Crippen LogP contribution in [-0.4, -0.2) is 6.29 Å². The van der Waals surface area contributed by atoms with Crippen molar-refractivity contribution in [3.8, 4) is 11.5 Å². The van der Waals surface area contributed by atoms with Gasteiger partial charge in [-0.25, -0.2) is 0 Å². The van der Waals surface area contributed by atoms with Crippen LogP contribution in [0.1, 0.15) is 38.2 Å². The number of nitrogens with two attached hydrogens (primary N) is 2. The zero-order valence-corrected chi connectivity index (χ0v) is 13.9. The lowest BCUT2D eigenvalue weighted by Gasteiger charge is -2.21. The summed E-state index contributed by atoms with van der Waals surface area (Å²) in [5, 5.41) is 0. The minimum Gasteiger partial charge on any atom is -0.455 e. The van der Waals surface area contributed by atoms with Gasteiger partial charge in [-0.1, -0.05) is 25.8 Å². The Morgan fingerprint density at radius 2 is 1.70 bits per heavy atom. The summed E-state index contributed by atoms with van der Waals surface area (Å²) in [6.07, 6.45) is 3.85. The van der Waals surface area contributed by atoms with Gasteiger partial charge in [-0.05, 0) is 49.2 Å². The Balaban J connectivity index is 2.07. The van der Waals surface area contributed by atoms with Gasteiger partial charge in [-0.3, -0.25) is 0 Å². The van der Waals surface area contributed by atoms with Gasteiger partial charge >= 0.3 is 0 Å². The standard InChI is InChI=1S/C19H26N2O2/c1-3-4-5-9-19(22-16-8-6-7-15(20)13-16)23-17-10-11-18(21)14(2)12-17/h6-8,10-13,19H,3-5,9,20-21H2,1-2H3. The van der Waals surface area contributed by atoms with Crippen molar-refractivity contribution >= 4 is 11.4 Å². The van der Waals surface area contributed by atoms with Gasteiger partial charge in [-0.15, -0.1) is 0 Å². The normalized spacial score (nSPS) is 11.9. The third-order valence-electron chi connectivity index (χ3n) is 3.68. The lowest BCUT2D eigenvalue weighted by atomic mass is 10.2. The Morgan fingerprint density at radius 1 is 0.957 bits per heavy atom. The molecular weight excluding hydrogens is 288 g/mol. The maximum atomic E-state index is 6.02. The fourth-order valence-corrected chi connectivity index (χ4v) is 2.32. The highest BCUT2D eigenvalue weighted by Gasteiger charge is 2.13. The lowest BCUT2D eigenvalue weighted by Crippen LogP contribution is -2.24. The molecule has 2 rings (SSSR count). The van der Waals surface area contributed by atoms with Gasteiger partial charge in [0.15, 0.2) is 0 Å². The number of hydrogen-bond donors (Lipinski definition) is 2. The Labute approximate surface area is 138 Å². The molecule has 0 bridgehead atoms. The van der Waals surface area contributed by atoms with Crippen molar-refractivity contribution < 1.29 is 9.47 Å². The second-order valence-corrected chi connectivity index (χ2v) is 5.75. The molecule has 0 aliphatic carbocycles. The zero-order valence-electron chi connectivity index (χ0n) is 13.9. The van der Waals surface area contributed by atoms with Gasteiger partial charge in [0.25, 0.3) is 0 Å². The van der Waals surface area contributed by atoms with Gasteiger partial charge in [-0.2, -0.15) is 0 Å². The first-order valence-corrected chi connectivity index (χ1v) is 8.13. The number of hydrogen-bond acceptors (Lipinski definition) is 4. The molecule has 1 unspecified atom stereocenters. The first kappa shape index (κ1) is 17.0. The largest absolute Gasteiger partial charge is 0.455 e. The maximum Gasteiger partial charge on any atom is 0.241 e. The maximum absolute atomic E-state index is 6.02. The zero-order chi connectivity index (χ0) is 16.7. The Morgan fingerprint density at radius 3 is 2.35 bits per heavy atom. The van der Waals surface area contributed by atoms with Gasteiger partial charge in [0, 0.05) is 23.9 Å². The van der Waals surface area contributed by atoms with Crippen LogP contribution < -0.4 is 20.9 Å². The number of nitrogen functional groups attached to an aromatic ring is 2. The molecule has 2 aromatic rings. The Bertz CT molecular complexity index is 629. The molecule has 0 radical (unpaired) electrons. The second kappa shape index (κ2) is 8.32. The molecule has 0 saturated heterocycles. The minimum absolute atomic E-state index is 0.341. The van der Waals surface area contributed by atoms with Crippen LogP contribution in [-0.2, 0) is 0 Å². The monoisotopic (exact) mass is 314 g/mol. The van der Waals surface area contributed by atoms with E-state index < -0.39 is 0 Å². The fraction of sp³-hybridized carbons (Fsp3) is 0.368. The van der Waals surface area contributed by atoms with Crippen LogP contribution in [0.25, 0.3) is 0 Å². The Hall–Kier alpha value is -2.36. The van der Waals surface area contributed by atoms with Gasteiger partial charge in [0.1, 0.15) is 11.5 Å². The average Bonchev–Trinajstić information content (AvgIpc) is 2.51. The number of benzene rings is 2. The van der Waals surface area contributed by atoms with E-state index in [0.717, 1.165) is 48.4 Å². The number of ether oxygens (including phenoxy) is 2. The van der Waals surface area contributed by atoms with Crippen LogP contribution in [0.4, 0.5) is 11.4 Å². The van der Waals surface area contributed by atoms with E-state index in [0.29, 0.717) is 5.69 Å². The van der Waals surface area contributed by atoms with E-state index in [1.807, 2.05) is 49.4 Å². The van der Waals surface area contributed by atoms with Crippen molar-refractivity contribution in [2.45, 2.75) is 45.8 Å². The molecule has 23 heavy (non-hydrogen) atoms. The molecule has 4 heteroatoms. The van der Waals surface area contributed by atoms with Crippen LogP contribution in [0.15, 0.2) is 42.5 Å². The molecule has 0 amide bonds. The smallest absolute Gasteiger partial charge is 0.241 e. The van der Waals surface area contributed by atoms with Gasteiger partial charge < -0.3 is 20.9 Å². The minimum atomic E-state index is -0.341. The molecule has 0 aliphatic rings. The van der Waals surface area contributed by atoms with E-state index in [1.165, 1.54) is 0 Å². The molecule has 124 valence electrons. The van der Waals surface area contributed by atoms with E-state index in [2.05, 4.69) is 6.92 Å². The van der Waals surface area contributed by atoms with Crippen molar-refractivity contribution in [2.24, 2.45) is 0 Å². The quantitative estimate of drug-likeness (QED) is 0.427. The van der Waals surface area contributed by atoms with E-state index in [1.54, 1.807) is 0 Å². The SMILES string of the molecule is CCCCCC(Oc1cccc(N)c1)Oc1ccc(N)c(C)c1. The third kappa shape index (κ3) is 5.40. The van der Waals surface area contributed by atoms with Gasteiger partial charge in [0.2, 0.25) is 6.29 Å². The first-order valence-electron chi connectivity index (χ1n) is 8.13. The summed E-state index contributed by atoms with van der Waals surface area (Å²) in [4.78, 5) is 0. The second-order valence-electron chi connectivity index (χ2n) is 5.75. The molecule has 2 aromatic carbocycles. The molecule has 0 fully saturated rings. The Kier molecular flexibility index (Phi) is 6.15. The molecule has 0 spiro atoms. The molecule has 0 aliphatic heterocycles. The summed E-state index contributed by atoms with van der Waals surface area (Å²) in [6, 6.07) is 13.1. The summed E-state index contributed by atoms with van der Waals surface area (Å²) in [7, 11) is 0. The molecule has 1 atom stereocenters. The van der Waals surface area contributed by atoms with Crippen LogP contribution in [0.5, 0.6) is 11.5 Å². The van der Waals surface area contributed by atoms with Crippen molar-refractivity contribution in [1.82, 2.24) is 0 Å².